The van der Waals surface area contributed by atoms with E-state index in [0.29, 0.717) is 24.9 Å². The number of nitrogens with zero attached hydrogens (tertiary/aromatic N) is 6. The lowest BCUT2D eigenvalue weighted by Gasteiger charge is -2.33. The van der Waals surface area contributed by atoms with E-state index in [9.17, 15) is 12.8 Å². The van der Waals surface area contributed by atoms with E-state index in [-0.39, 0.29) is 5.82 Å². The van der Waals surface area contributed by atoms with Crippen LogP contribution in [0.15, 0.2) is 58.4 Å². The van der Waals surface area contributed by atoms with Crippen molar-refractivity contribution in [3.63, 3.8) is 0 Å². The summed E-state index contributed by atoms with van der Waals surface area (Å²) in [4.78, 5) is 9.20. The fourth-order valence-corrected chi connectivity index (χ4v) is 6.97. The predicted molar refractivity (Wildman–Crippen MR) is 170 cm³/mol. The summed E-state index contributed by atoms with van der Waals surface area (Å²) in [6.45, 7) is 19.2. The number of rotatable bonds is 9. The number of hydrazone groups is 1. The van der Waals surface area contributed by atoms with Gasteiger partial charge in [0, 0.05) is 56.3 Å². The average molecular weight is 605 g/mol. The van der Waals surface area contributed by atoms with E-state index in [1.165, 1.54) is 29.7 Å². The number of fused-ring (bicyclic) bond motifs is 1. The summed E-state index contributed by atoms with van der Waals surface area (Å²) in [6, 6.07) is 6.36. The Hall–Kier alpha value is -2.76. The summed E-state index contributed by atoms with van der Waals surface area (Å²) in [6.07, 6.45) is 2.86. The number of benzene rings is 1. The molecule has 4 rings (SSSR count). The SMILES string of the molecule is C=C(C)N(/N=C(\CC)N1CC2CN(S(C)(=O)=O)CC2C1)/C(=C(\C)CC)N(C)c1nc(-c2ccc(F)cc2)cs1.CC. The van der Waals surface area contributed by atoms with Gasteiger partial charge in [0.15, 0.2) is 5.13 Å². The van der Waals surface area contributed by atoms with Gasteiger partial charge in [0.2, 0.25) is 10.0 Å². The molecule has 0 spiro atoms. The smallest absolute Gasteiger partial charge is 0.211 e. The Labute approximate surface area is 249 Å². The average Bonchev–Trinajstić information content (AvgIpc) is 3.67. The first-order chi connectivity index (χ1) is 19.4. The fraction of sp³-hybridized carbons (Fsp3) is 0.533. The molecular weight excluding hydrogens is 560 g/mol. The van der Waals surface area contributed by atoms with E-state index in [0.717, 1.165) is 65.2 Å². The zero-order valence-corrected chi connectivity index (χ0v) is 27.3. The van der Waals surface area contributed by atoms with Gasteiger partial charge in [-0.15, -0.1) is 11.3 Å². The highest BCUT2D eigenvalue weighted by atomic mass is 32.2. The molecule has 1 aromatic carbocycles. The summed E-state index contributed by atoms with van der Waals surface area (Å²) < 4.78 is 39.1. The molecule has 2 saturated heterocycles. The fourth-order valence-electron chi connectivity index (χ4n) is 5.25. The van der Waals surface area contributed by atoms with Crippen LogP contribution in [0.5, 0.6) is 0 Å². The van der Waals surface area contributed by atoms with E-state index in [1.54, 1.807) is 16.4 Å². The molecule has 2 aliphatic heterocycles. The molecule has 1 aromatic heterocycles. The largest absolute Gasteiger partial charge is 0.358 e. The minimum Gasteiger partial charge on any atom is -0.358 e. The second kappa shape index (κ2) is 13.9. The molecule has 0 aliphatic carbocycles. The Balaban J connectivity index is 0.00000226. The molecule has 0 radical (unpaired) electrons. The van der Waals surface area contributed by atoms with Crippen molar-refractivity contribution in [2.75, 3.05) is 44.4 Å². The molecule has 2 aliphatic rings. The minimum absolute atomic E-state index is 0.272. The number of sulfonamides is 1. The first kappa shape index (κ1) is 32.8. The molecular formula is C30H45FN6O2S2. The van der Waals surface area contributed by atoms with Crippen molar-refractivity contribution < 1.29 is 12.8 Å². The molecule has 2 unspecified atom stereocenters. The summed E-state index contributed by atoms with van der Waals surface area (Å²) in [5, 5.41) is 9.83. The van der Waals surface area contributed by atoms with Crippen LogP contribution in [-0.2, 0) is 10.0 Å². The number of hydrogen-bond acceptors (Lipinski definition) is 7. The van der Waals surface area contributed by atoms with Crippen LogP contribution in [0, 0.1) is 17.7 Å². The third-order valence-electron chi connectivity index (χ3n) is 7.53. The lowest BCUT2D eigenvalue weighted by molar-refractivity contribution is 0.378. The second-order valence-corrected chi connectivity index (χ2v) is 13.3. The van der Waals surface area contributed by atoms with Gasteiger partial charge < -0.3 is 9.80 Å². The van der Waals surface area contributed by atoms with E-state index in [2.05, 4.69) is 32.3 Å². The number of likely N-dealkylation sites (tertiary alicyclic amines) is 1. The van der Waals surface area contributed by atoms with Crippen LogP contribution >= 0.6 is 11.3 Å². The molecule has 2 atom stereocenters. The van der Waals surface area contributed by atoms with Gasteiger partial charge >= 0.3 is 0 Å². The molecule has 0 saturated carbocycles. The Bertz CT molecular complexity index is 1360. The van der Waals surface area contributed by atoms with Crippen LogP contribution in [0.2, 0.25) is 0 Å². The first-order valence-corrected chi connectivity index (χ1v) is 17.0. The normalized spacial score (nSPS) is 19.8. The van der Waals surface area contributed by atoms with Crippen LogP contribution in [-0.4, -0.2) is 72.9 Å². The molecule has 8 nitrogen and oxygen atoms in total. The summed E-state index contributed by atoms with van der Waals surface area (Å²) >= 11 is 1.52. The Kier molecular flexibility index (Phi) is 11.1. The molecule has 2 aromatic rings. The van der Waals surface area contributed by atoms with Gasteiger partial charge in [0.05, 0.1) is 11.9 Å². The number of amidine groups is 1. The van der Waals surface area contributed by atoms with Crippen LogP contribution in [0.4, 0.5) is 9.52 Å². The Morgan fingerprint density at radius 1 is 1.10 bits per heavy atom. The van der Waals surface area contributed by atoms with Crippen molar-refractivity contribution in [2.45, 2.75) is 54.4 Å². The summed E-state index contributed by atoms with van der Waals surface area (Å²) in [5.74, 6) is 2.21. The van der Waals surface area contributed by atoms with Crippen LogP contribution in [0.25, 0.3) is 11.3 Å². The molecule has 3 heterocycles. The predicted octanol–water partition coefficient (Wildman–Crippen LogP) is 6.44. The zero-order chi connectivity index (χ0) is 30.5. The van der Waals surface area contributed by atoms with Crippen LogP contribution < -0.4 is 4.90 Å². The maximum Gasteiger partial charge on any atom is 0.211 e. The standard InChI is InChI=1S/C28H39FN6O2S2.C2H6/c1-8-20(5)27(32(6)28-30-25(18-38-28)21-10-12-24(29)13-11-21)35(19(3)4)31-26(9-2)33-14-22-16-34(39(7,36)37)17-23(22)15-33;1-2/h10-13,18,22-23H,3,8-9,14-17H2,1-2,4-7H3;1-2H3/b27-20+,31-26+;. The lowest BCUT2D eigenvalue weighted by Crippen LogP contribution is -2.37. The Morgan fingerprint density at radius 2 is 1.68 bits per heavy atom. The van der Waals surface area contributed by atoms with Crippen molar-refractivity contribution in [1.82, 2.24) is 19.2 Å². The third kappa shape index (κ3) is 7.55. The van der Waals surface area contributed by atoms with Gasteiger partial charge in [-0.2, -0.15) is 5.10 Å². The topological polar surface area (TPSA) is 72.3 Å². The quantitative estimate of drug-likeness (QED) is 0.187. The van der Waals surface area contributed by atoms with E-state index in [1.807, 2.05) is 43.1 Å². The van der Waals surface area contributed by atoms with Crippen molar-refractivity contribution in [2.24, 2.45) is 16.9 Å². The highest BCUT2D eigenvalue weighted by Gasteiger charge is 2.43. The molecule has 0 amide bonds. The van der Waals surface area contributed by atoms with Gasteiger partial charge in [-0.05, 0) is 61.9 Å². The molecule has 11 heteroatoms. The lowest BCUT2D eigenvalue weighted by atomic mass is 10.0. The monoisotopic (exact) mass is 604 g/mol. The first-order valence-electron chi connectivity index (χ1n) is 14.3. The van der Waals surface area contributed by atoms with Crippen LogP contribution in [0.1, 0.15) is 54.4 Å². The maximum atomic E-state index is 13.4. The second-order valence-electron chi connectivity index (χ2n) is 10.5. The molecule has 2 fully saturated rings. The van der Waals surface area contributed by atoms with Gasteiger partial charge in [-0.25, -0.2) is 27.1 Å². The molecule has 226 valence electrons. The molecule has 0 bridgehead atoms. The van der Waals surface area contributed by atoms with Gasteiger partial charge in [-0.3, -0.25) is 0 Å². The summed E-state index contributed by atoms with van der Waals surface area (Å²) in [7, 11) is -1.18. The Morgan fingerprint density at radius 3 is 2.17 bits per heavy atom. The van der Waals surface area contributed by atoms with Crippen molar-refractivity contribution in [3.05, 3.63) is 59.1 Å². The van der Waals surface area contributed by atoms with E-state index >= 15 is 0 Å². The van der Waals surface area contributed by atoms with Crippen molar-refractivity contribution >= 4 is 32.3 Å². The van der Waals surface area contributed by atoms with E-state index < -0.39 is 10.0 Å². The highest BCUT2D eigenvalue weighted by molar-refractivity contribution is 7.88. The highest BCUT2D eigenvalue weighted by Crippen LogP contribution is 2.35. The van der Waals surface area contributed by atoms with Crippen molar-refractivity contribution in [1.29, 1.82) is 0 Å². The molecule has 41 heavy (non-hydrogen) atoms. The number of aromatic nitrogens is 1. The molecule has 0 N–H and O–H groups in total. The maximum absolute atomic E-state index is 13.4. The number of thiazole rings is 1. The van der Waals surface area contributed by atoms with Crippen molar-refractivity contribution in [3.8, 4) is 11.3 Å². The number of allylic oxidation sites excluding steroid dienone is 2. The number of halogens is 1. The van der Waals surface area contributed by atoms with E-state index in [4.69, 9.17) is 10.1 Å². The zero-order valence-electron chi connectivity index (χ0n) is 25.7. The van der Waals surface area contributed by atoms with Gasteiger partial charge in [0.1, 0.15) is 17.5 Å². The minimum atomic E-state index is -3.16. The number of hydrogen-bond donors (Lipinski definition) is 0. The van der Waals surface area contributed by atoms with Gasteiger partial charge in [0.25, 0.3) is 0 Å². The third-order valence-corrected chi connectivity index (χ3v) is 9.68. The van der Waals surface area contributed by atoms with Gasteiger partial charge in [-0.1, -0.05) is 34.3 Å². The summed E-state index contributed by atoms with van der Waals surface area (Å²) in [5.41, 5.74) is 3.58. The number of anilines is 1. The van der Waals surface area contributed by atoms with Crippen LogP contribution in [0.3, 0.4) is 0 Å².